The summed E-state index contributed by atoms with van der Waals surface area (Å²) in [6, 6.07) is 15.9. The maximum absolute atomic E-state index is 12.5. The number of hydrogen-bond acceptors (Lipinski definition) is 9. The number of benzene rings is 3. The summed E-state index contributed by atoms with van der Waals surface area (Å²) in [4.78, 5) is 56.4. The van der Waals surface area contributed by atoms with Crippen LogP contribution in [-0.4, -0.2) is 50.0 Å². The van der Waals surface area contributed by atoms with Gasteiger partial charge in [0.15, 0.2) is 6.10 Å². The first kappa shape index (κ1) is 29.5. The molecule has 0 unspecified atom stereocenters. The Kier molecular flexibility index (Phi) is 9.67. The van der Waals surface area contributed by atoms with E-state index in [1.165, 1.54) is 0 Å². The van der Waals surface area contributed by atoms with Crippen LogP contribution in [0.3, 0.4) is 0 Å². The summed E-state index contributed by atoms with van der Waals surface area (Å²) in [5, 5.41) is 44.0. The van der Waals surface area contributed by atoms with Crippen LogP contribution < -0.4 is 16.2 Å². The van der Waals surface area contributed by atoms with E-state index in [0.29, 0.717) is 16.7 Å². The molecule has 15 heteroatoms. The van der Waals surface area contributed by atoms with Gasteiger partial charge in [0, 0.05) is 23.6 Å². The molecule has 5 N–H and O–H groups in total. The molecule has 3 aromatic rings. The van der Waals surface area contributed by atoms with Crippen LogP contribution in [-0.2, 0) is 20.8 Å². The highest BCUT2D eigenvalue weighted by atomic mass is 35.5. The average Bonchev–Trinajstić information content (AvgIpc) is 2.91. The number of anilines is 1. The molecule has 3 rings (SSSR count). The first-order valence-electron chi connectivity index (χ1n) is 11.5. The summed E-state index contributed by atoms with van der Waals surface area (Å²) in [5.74, 6) is -4.04. The van der Waals surface area contributed by atoms with E-state index in [9.17, 15) is 39.7 Å². The molecule has 0 heterocycles. The summed E-state index contributed by atoms with van der Waals surface area (Å²) in [5.41, 5.74) is 4.90. The van der Waals surface area contributed by atoms with Crippen molar-refractivity contribution in [3.8, 4) is 11.1 Å². The molecule has 0 aromatic heterocycles. The zero-order chi connectivity index (χ0) is 29.4. The molecule has 2 amide bonds. The molecule has 0 saturated carbocycles. The van der Waals surface area contributed by atoms with Crippen LogP contribution >= 0.6 is 11.6 Å². The topological polar surface area (TPSA) is 214 Å². The number of nitro groups is 2. The number of aliphatic carboxylic acids is 1. The second kappa shape index (κ2) is 13.1. The van der Waals surface area contributed by atoms with Crippen LogP contribution in [0.2, 0.25) is 5.02 Å². The standard InChI is InChI=1S/C25H22ClN5O9/c26-17-3-1-2-16(11-17)15-6-4-14(5-7-15)10-18(12-22(32)25(35)36)27-23(33)24(34)29-28-20-9-8-19(30(37)38)13-21(20)31(39)40/h1-9,11,13,18,22,28,32H,10,12H2,(H,27,33)(H,29,34)(H,35,36)/t18-,22-/m1/s1. The molecule has 0 aliphatic heterocycles. The number of nitrogens with one attached hydrogen (secondary N) is 3. The van der Waals surface area contributed by atoms with Gasteiger partial charge < -0.3 is 15.5 Å². The number of amides is 2. The highest BCUT2D eigenvalue weighted by Crippen LogP contribution is 2.28. The van der Waals surface area contributed by atoms with E-state index in [2.05, 4.69) is 10.7 Å². The van der Waals surface area contributed by atoms with Gasteiger partial charge in [-0.3, -0.25) is 40.7 Å². The summed E-state index contributed by atoms with van der Waals surface area (Å²) in [7, 11) is 0. The number of non-ortho nitro benzene ring substituents is 1. The van der Waals surface area contributed by atoms with E-state index in [0.717, 1.165) is 23.3 Å². The molecular weight excluding hydrogens is 550 g/mol. The monoisotopic (exact) mass is 571 g/mol. The van der Waals surface area contributed by atoms with Crippen LogP contribution in [0.15, 0.2) is 66.7 Å². The van der Waals surface area contributed by atoms with Crippen molar-refractivity contribution in [1.82, 2.24) is 10.7 Å². The van der Waals surface area contributed by atoms with Gasteiger partial charge in [0.25, 0.3) is 5.69 Å². The fraction of sp³-hybridized carbons (Fsp3) is 0.160. The molecular formula is C25H22ClN5O9. The van der Waals surface area contributed by atoms with E-state index < -0.39 is 57.6 Å². The number of aliphatic hydroxyl groups is 1. The fourth-order valence-electron chi connectivity index (χ4n) is 3.67. The van der Waals surface area contributed by atoms with E-state index in [1.807, 2.05) is 11.5 Å². The fourth-order valence-corrected chi connectivity index (χ4v) is 3.86. The van der Waals surface area contributed by atoms with Crippen molar-refractivity contribution >= 4 is 46.4 Å². The third-order valence-electron chi connectivity index (χ3n) is 5.63. The zero-order valence-electron chi connectivity index (χ0n) is 20.4. The van der Waals surface area contributed by atoms with E-state index in [-0.39, 0.29) is 12.1 Å². The second-order valence-electron chi connectivity index (χ2n) is 8.47. The summed E-state index contributed by atoms with van der Waals surface area (Å²) >= 11 is 6.04. The Morgan fingerprint density at radius 3 is 2.20 bits per heavy atom. The largest absolute Gasteiger partial charge is 0.479 e. The molecule has 0 bridgehead atoms. The predicted octanol–water partition coefficient (Wildman–Crippen LogP) is 2.83. The number of carbonyl (C=O) groups excluding carboxylic acids is 2. The Bertz CT molecular complexity index is 1450. The van der Waals surface area contributed by atoms with Crippen molar-refractivity contribution in [3.63, 3.8) is 0 Å². The molecule has 0 aliphatic carbocycles. The number of nitro benzene ring substituents is 2. The molecule has 0 saturated heterocycles. The molecule has 208 valence electrons. The van der Waals surface area contributed by atoms with Gasteiger partial charge in [-0.1, -0.05) is 48.0 Å². The maximum atomic E-state index is 12.5. The average molecular weight is 572 g/mol. The number of halogens is 1. The Morgan fingerprint density at radius 1 is 0.900 bits per heavy atom. The van der Waals surface area contributed by atoms with Crippen molar-refractivity contribution < 1.29 is 34.4 Å². The van der Waals surface area contributed by atoms with E-state index in [1.54, 1.807) is 42.5 Å². The molecule has 14 nitrogen and oxygen atoms in total. The van der Waals surface area contributed by atoms with Crippen LogP contribution in [0.5, 0.6) is 0 Å². The first-order chi connectivity index (χ1) is 18.9. The molecule has 40 heavy (non-hydrogen) atoms. The quantitative estimate of drug-likeness (QED) is 0.129. The summed E-state index contributed by atoms with van der Waals surface area (Å²) in [6.07, 6.45) is -2.20. The van der Waals surface area contributed by atoms with Gasteiger partial charge in [0.2, 0.25) is 0 Å². The number of carboxylic acid groups (broad SMARTS) is 1. The summed E-state index contributed by atoms with van der Waals surface area (Å²) in [6.45, 7) is 0. The Labute approximate surface area is 230 Å². The second-order valence-corrected chi connectivity index (χ2v) is 8.90. The normalized spacial score (nSPS) is 12.1. The molecule has 0 spiro atoms. The minimum atomic E-state index is -1.83. The zero-order valence-corrected chi connectivity index (χ0v) is 21.2. The van der Waals surface area contributed by atoms with Gasteiger partial charge in [0.1, 0.15) is 5.69 Å². The highest BCUT2D eigenvalue weighted by Gasteiger charge is 2.25. The lowest BCUT2D eigenvalue weighted by Gasteiger charge is -2.20. The molecule has 0 fully saturated rings. The van der Waals surface area contributed by atoms with Crippen molar-refractivity contribution in [2.75, 3.05) is 5.43 Å². The van der Waals surface area contributed by atoms with E-state index in [4.69, 9.17) is 16.7 Å². The first-order valence-corrected chi connectivity index (χ1v) is 11.9. The number of aliphatic hydroxyl groups excluding tert-OH is 1. The smallest absolute Gasteiger partial charge is 0.332 e. The maximum Gasteiger partial charge on any atom is 0.332 e. The lowest BCUT2D eigenvalue weighted by Crippen LogP contribution is -2.48. The van der Waals surface area contributed by atoms with Gasteiger partial charge >= 0.3 is 23.5 Å². The van der Waals surface area contributed by atoms with Crippen LogP contribution in [0.1, 0.15) is 12.0 Å². The predicted molar refractivity (Wildman–Crippen MR) is 142 cm³/mol. The minimum absolute atomic E-state index is 0.0560. The number of rotatable bonds is 11. The van der Waals surface area contributed by atoms with Gasteiger partial charge in [-0.25, -0.2) is 4.79 Å². The van der Waals surface area contributed by atoms with Crippen molar-refractivity contribution in [1.29, 1.82) is 0 Å². The SMILES string of the molecule is O=C(NNc1ccc([N+](=O)[O-])cc1[N+](=O)[O-])C(=O)N[C@H](Cc1ccc(-c2cccc(Cl)c2)cc1)C[C@@H](O)C(=O)O. The third-order valence-corrected chi connectivity index (χ3v) is 5.86. The minimum Gasteiger partial charge on any atom is -0.479 e. The molecule has 3 aromatic carbocycles. The Balaban J connectivity index is 1.69. The lowest BCUT2D eigenvalue weighted by atomic mass is 9.98. The van der Waals surface area contributed by atoms with Crippen molar-refractivity contribution in [3.05, 3.63) is 97.5 Å². The van der Waals surface area contributed by atoms with Gasteiger partial charge in [-0.15, -0.1) is 0 Å². The molecule has 0 radical (unpaired) electrons. The van der Waals surface area contributed by atoms with Crippen LogP contribution in [0.4, 0.5) is 17.1 Å². The van der Waals surface area contributed by atoms with Gasteiger partial charge in [-0.2, -0.15) is 0 Å². The number of carbonyl (C=O) groups is 3. The Morgan fingerprint density at radius 2 is 1.60 bits per heavy atom. The number of carboxylic acids is 1. The highest BCUT2D eigenvalue weighted by molar-refractivity contribution is 6.35. The van der Waals surface area contributed by atoms with Crippen LogP contribution in [0, 0.1) is 20.2 Å². The third kappa shape index (κ3) is 7.96. The lowest BCUT2D eigenvalue weighted by molar-refractivity contribution is -0.393. The van der Waals surface area contributed by atoms with E-state index >= 15 is 0 Å². The van der Waals surface area contributed by atoms with Gasteiger partial charge in [0.05, 0.1) is 15.9 Å². The summed E-state index contributed by atoms with van der Waals surface area (Å²) < 4.78 is 0. The van der Waals surface area contributed by atoms with Crippen molar-refractivity contribution in [2.24, 2.45) is 0 Å². The number of nitrogens with zero attached hydrogens (tertiary/aromatic N) is 2. The van der Waals surface area contributed by atoms with Gasteiger partial charge in [-0.05, 0) is 41.3 Å². The Hall–Kier alpha value is -5.08. The molecule has 2 atom stereocenters. The van der Waals surface area contributed by atoms with Crippen molar-refractivity contribution in [2.45, 2.75) is 25.0 Å². The number of hydrazine groups is 1. The molecule has 0 aliphatic rings. The number of hydrogen-bond donors (Lipinski definition) is 5. The van der Waals surface area contributed by atoms with Crippen LogP contribution in [0.25, 0.3) is 11.1 Å².